The fraction of sp³-hybridized carbons (Fsp3) is 0.190. The van der Waals surface area contributed by atoms with E-state index in [1.807, 2.05) is 0 Å². The van der Waals surface area contributed by atoms with Gasteiger partial charge in [0.2, 0.25) is 0 Å². The Balaban J connectivity index is 2.17. The van der Waals surface area contributed by atoms with E-state index in [1.54, 1.807) is 0 Å². The second-order valence-electron chi connectivity index (χ2n) is 6.77. The Bertz CT molecular complexity index is 1160. The Kier molecular flexibility index (Phi) is 6.21. The molecule has 1 heterocycles. The Morgan fingerprint density at radius 2 is 1.84 bits per heavy atom. The van der Waals surface area contributed by atoms with Gasteiger partial charge >= 0.3 is 6.18 Å². The molecule has 1 atom stereocenters. The number of carbonyl (C=O) groups excluding carboxylic acids is 1. The highest BCUT2D eigenvalue weighted by molar-refractivity contribution is 5.95. The minimum atomic E-state index is -4.53. The van der Waals surface area contributed by atoms with E-state index in [1.165, 1.54) is 19.1 Å². The topological polar surface area (TPSA) is 84.2 Å². The van der Waals surface area contributed by atoms with Gasteiger partial charge in [0.15, 0.2) is 0 Å². The van der Waals surface area contributed by atoms with Gasteiger partial charge in [0.25, 0.3) is 11.5 Å². The standard InChI is InChI=1S/C21H17F4N3O3/c1-12(11-29)26-19(30)17-10-18(13-5-7-14(8-6-13)21(23,24)25)27-28(20(17)31)16-4-2-3-15(22)9-16/h2-10,12,29H,11H2,1H3,(H,26,30). The summed E-state index contributed by atoms with van der Waals surface area (Å²) in [6, 6.07) is 9.42. The van der Waals surface area contributed by atoms with Crippen LogP contribution in [-0.4, -0.2) is 33.4 Å². The number of rotatable bonds is 5. The molecule has 6 nitrogen and oxygen atoms in total. The lowest BCUT2D eigenvalue weighted by Gasteiger charge is -2.14. The zero-order valence-electron chi connectivity index (χ0n) is 16.2. The van der Waals surface area contributed by atoms with Crippen LogP contribution in [0.15, 0.2) is 59.4 Å². The monoisotopic (exact) mass is 435 g/mol. The molecule has 0 spiro atoms. The Hall–Kier alpha value is -3.53. The molecule has 0 bridgehead atoms. The summed E-state index contributed by atoms with van der Waals surface area (Å²) in [7, 11) is 0. The molecule has 0 fully saturated rings. The first-order valence-corrected chi connectivity index (χ1v) is 9.10. The molecule has 1 aromatic heterocycles. The van der Waals surface area contributed by atoms with Crippen molar-refractivity contribution < 1.29 is 27.5 Å². The lowest BCUT2D eigenvalue weighted by atomic mass is 10.1. The smallest absolute Gasteiger partial charge is 0.394 e. The normalized spacial score (nSPS) is 12.5. The number of aliphatic hydroxyl groups is 1. The molecule has 3 aromatic rings. The highest BCUT2D eigenvalue weighted by Crippen LogP contribution is 2.30. The molecule has 1 unspecified atom stereocenters. The third kappa shape index (κ3) is 4.97. The predicted octanol–water partition coefficient (Wildman–Crippen LogP) is 3.17. The van der Waals surface area contributed by atoms with Crippen molar-refractivity contribution in [3.8, 4) is 16.9 Å². The van der Waals surface area contributed by atoms with E-state index in [-0.39, 0.29) is 29.1 Å². The van der Waals surface area contributed by atoms with E-state index in [0.29, 0.717) is 0 Å². The van der Waals surface area contributed by atoms with Gasteiger partial charge in [-0.15, -0.1) is 0 Å². The summed E-state index contributed by atoms with van der Waals surface area (Å²) in [6.07, 6.45) is -4.53. The quantitative estimate of drug-likeness (QED) is 0.603. The summed E-state index contributed by atoms with van der Waals surface area (Å²) in [6.45, 7) is 1.14. The zero-order valence-corrected chi connectivity index (χ0v) is 16.2. The van der Waals surface area contributed by atoms with Gasteiger partial charge in [-0.1, -0.05) is 18.2 Å². The fourth-order valence-corrected chi connectivity index (χ4v) is 2.76. The van der Waals surface area contributed by atoms with Gasteiger partial charge in [-0.25, -0.2) is 4.39 Å². The van der Waals surface area contributed by atoms with Gasteiger partial charge in [0, 0.05) is 11.6 Å². The highest BCUT2D eigenvalue weighted by atomic mass is 19.4. The van der Waals surface area contributed by atoms with Crippen molar-refractivity contribution in [2.75, 3.05) is 6.61 Å². The molecule has 1 amide bonds. The summed E-state index contributed by atoms with van der Waals surface area (Å²) >= 11 is 0. The van der Waals surface area contributed by atoms with E-state index in [2.05, 4.69) is 10.4 Å². The number of hydrogen-bond acceptors (Lipinski definition) is 4. The number of halogens is 4. The SMILES string of the molecule is CC(CO)NC(=O)c1cc(-c2ccc(C(F)(F)F)cc2)nn(-c2cccc(F)c2)c1=O. The van der Waals surface area contributed by atoms with Crippen molar-refractivity contribution in [3.05, 3.63) is 81.9 Å². The van der Waals surface area contributed by atoms with Crippen molar-refractivity contribution in [2.24, 2.45) is 0 Å². The molecule has 31 heavy (non-hydrogen) atoms. The number of aromatic nitrogens is 2. The van der Waals surface area contributed by atoms with Crippen LogP contribution >= 0.6 is 0 Å². The van der Waals surface area contributed by atoms with Crippen LogP contribution in [-0.2, 0) is 6.18 Å². The van der Waals surface area contributed by atoms with Crippen LogP contribution < -0.4 is 10.9 Å². The maximum atomic E-state index is 13.7. The third-order valence-corrected chi connectivity index (χ3v) is 4.37. The predicted molar refractivity (Wildman–Crippen MR) is 104 cm³/mol. The van der Waals surface area contributed by atoms with Gasteiger partial charge in [-0.2, -0.15) is 23.0 Å². The number of nitrogens with zero attached hydrogens (tertiary/aromatic N) is 2. The molecule has 0 radical (unpaired) electrons. The second-order valence-corrected chi connectivity index (χ2v) is 6.77. The van der Waals surface area contributed by atoms with Crippen LogP contribution in [0.4, 0.5) is 17.6 Å². The molecule has 3 rings (SSSR count). The molecule has 0 aliphatic heterocycles. The highest BCUT2D eigenvalue weighted by Gasteiger charge is 2.30. The summed E-state index contributed by atoms with van der Waals surface area (Å²) in [5.41, 5.74) is -1.83. The third-order valence-electron chi connectivity index (χ3n) is 4.37. The maximum absolute atomic E-state index is 13.7. The average molecular weight is 435 g/mol. The van der Waals surface area contributed by atoms with Crippen molar-refractivity contribution in [3.63, 3.8) is 0 Å². The number of carbonyl (C=O) groups is 1. The van der Waals surface area contributed by atoms with Gasteiger partial charge in [-0.05, 0) is 43.3 Å². The minimum absolute atomic E-state index is 0.0272. The first-order chi connectivity index (χ1) is 14.6. The number of hydrogen-bond donors (Lipinski definition) is 2. The molecule has 10 heteroatoms. The zero-order chi connectivity index (χ0) is 22.8. The number of alkyl halides is 3. The molecule has 0 saturated carbocycles. The summed E-state index contributed by atoms with van der Waals surface area (Å²) < 4.78 is 53.0. The van der Waals surface area contributed by atoms with E-state index >= 15 is 0 Å². The van der Waals surface area contributed by atoms with E-state index < -0.39 is 35.1 Å². The molecular formula is C21H17F4N3O3. The van der Waals surface area contributed by atoms with Crippen molar-refractivity contribution in [1.29, 1.82) is 0 Å². The molecule has 162 valence electrons. The van der Waals surface area contributed by atoms with E-state index in [0.717, 1.165) is 47.1 Å². The minimum Gasteiger partial charge on any atom is -0.394 e. The first-order valence-electron chi connectivity index (χ1n) is 9.10. The first kappa shape index (κ1) is 22.2. The Morgan fingerprint density at radius 3 is 2.42 bits per heavy atom. The van der Waals surface area contributed by atoms with Gasteiger partial charge in [-0.3, -0.25) is 9.59 Å². The number of nitrogens with one attached hydrogen (secondary N) is 1. The number of benzene rings is 2. The van der Waals surface area contributed by atoms with E-state index in [4.69, 9.17) is 5.11 Å². The van der Waals surface area contributed by atoms with Gasteiger partial charge in [0.1, 0.15) is 11.4 Å². The van der Waals surface area contributed by atoms with Gasteiger partial charge in [0.05, 0.1) is 23.6 Å². The molecule has 2 aromatic carbocycles. The lowest BCUT2D eigenvalue weighted by molar-refractivity contribution is -0.137. The van der Waals surface area contributed by atoms with Crippen LogP contribution in [0.2, 0.25) is 0 Å². The molecule has 0 saturated heterocycles. The van der Waals surface area contributed by atoms with Crippen LogP contribution in [0.5, 0.6) is 0 Å². The van der Waals surface area contributed by atoms with Crippen molar-refractivity contribution >= 4 is 5.91 Å². The number of amides is 1. The van der Waals surface area contributed by atoms with Crippen LogP contribution in [0.3, 0.4) is 0 Å². The number of aliphatic hydroxyl groups excluding tert-OH is 1. The van der Waals surface area contributed by atoms with Crippen LogP contribution in [0.1, 0.15) is 22.8 Å². The molecule has 0 aliphatic rings. The largest absolute Gasteiger partial charge is 0.416 e. The van der Waals surface area contributed by atoms with Crippen LogP contribution in [0.25, 0.3) is 16.9 Å². The molecular weight excluding hydrogens is 418 g/mol. The summed E-state index contributed by atoms with van der Waals surface area (Å²) in [4.78, 5) is 25.4. The van der Waals surface area contributed by atoms with Crippen molar-refractivity contribution in [2.45, 2.75) is 19.1 Å². The average Bonchev–Trinajstić information content (AvgIpc) is 2.73. The van der Waals surface area contributed by atoms with Crippen molar-refractivity contribution in [1.82, 2.24) is 15.1 Å². The second kappa shape index (κ2) is 8.68. The Labute approximate surface area is 173 Å². The van der Waals surface area contributed by atoms with Crippen LogP contribution in [0, 0.1) is 5.82 Å². The maximum Gasteiger partial charge on any atom is 0.416 e. The summed E-state index contributed by atoms with van der Waals surface area (Å²) in [5.74, 6) is -1.46. The van der Waals surface area contributed by atoms with Gasteiger partial charge < -0.3 is 10.4 Å². The fourth-order valence-electron chi connectivity index (χ4n) is 2.76. The Morgan fingerprint density at radius 1 is 1.16 bits per heavy atom. The molecule has 0 aliphatic carbocycles. The molecule has 2 N–H and O–H groups in total. The lowest BCUT2D eigenvalue weighted by Crippen LogP contribution is -2.39. The van der Waals surface area contributed by atoms with E-state index in [9.17, 15) is 27.2 Å². The summed E-state index contributed by atoms with van der Waals surface area (Å²) in [5, 5.41) is 15.7.